The second-order valence-electron chi connectivity index (χ2n) is 13.8. The van der Waals surface area contributed by atoms with Crippen LogP contribution in [0.4, 0.5) is 0 Å². The molecule has 0 spiro atoms. The Morgan fingerprint density at radius 2 is 1.73 bits per heavy atom. The van der Waals surface area contributed by atoms with E-state index in [1.165, 1.54) is 39.0 Å². The first-order valence-electron chi connectivity index (χ1n) is 14.6. The van der Waals surface area contributed by atoms with Crippen molar-refractivity contribution >= 4 is 17.3 Å². The number of allylic oxidation sites excluding steroid dienone is 6. The Labute approximate surface area is 223 Å². The largest absolute Gasteiger partial charge is 0.294 e. The van der Waals surface area contributed by atoms with E-state index >= 15 is 0 Å². The van der Waals surface area contributed by atoms with Gasteiger partial charge >= 0.3 is 0 Å². The second kappa shape index (κ2) is 8.93. The predicted octanol–water partition coefficient (Wildman–Crippen LogP) is 7.36. The number of hydrogen-bond acceptors (Lipinski definition) is 3. The van der Waals surface area contributed by atoms with Crippen LogP contribution in [0.3, 0.4) is 0 Å². The monoisotopic (exact) mass is 500 g/mol. The zero-order valence-corrected chi connectivity index (χ0v) is 24.0. The van der Waals surface area contributed by atoms with Crippen molar-refractivity contribution in [1.29, 1.82) is 0 Å². The SMILES string of the molecule is CC(=O)C1=C(C)CC2(C)CC3(C)CC4CC=C(C#CC5CCCCC5)C(C)C4C(=O)C3=C(C)C2(C)C1=O. The maximum Gasteiger partial charge on any atom is 0.176 e. The Bertz CT molecular complexity index is 1230. The molecule has 2 fully saturated rings. The summed E-state index contributed by atoms with van der Waals surface area (Å²) in [6, 6.07) is 0. The van der Waals surface area contributed by atoms with Gasteiger partial charge in [-0.05, 0) is 88.9 Å². The molecule has 6 unspecified atom stereocenters. The summed E-state index contributed by atoms with van der Waals surface area (Å²) in [4.78, 5) is 41.0. The lowest BCUT2D eigenvalue weighted by atomic mass is 9.41. The van der Waals surface area contributed by atoms with Crippen molar-refractivity contribution in [2.45, 2.75) is 106 Å². The van der Waals surface area contributed by atoms with Gasteiger partial charge in [-0.1, -0.05) is 69.1 Å². The zero-order chi connectivity index (χ0) is 26.9. The van der Waals surface area contributed by atoms with Crippen molar-refractivity contribution in [3.8, 4) is 11.8 Å². The summed E-state index contributed by atoms with van der Waals surface area (Å²) < 4.78 is 0. The molecule has 0 N–H and O–H groups in total. The molecule has 3 heteroatoms. The van der Waals surface area contributed by atoms with Gasteiger partial charge in [0.2, 0.25) is 0 Å². The van der Waals surface area contributed by atoms with Crippen LogP contribution in [0.2, 0.25) is 0 Å². The number of fused-ring (bicyclic) bond motifs is 3. The van der Waals surface area contributed by atoms with Gasteiger partial charge in [-0.2, -0.15) is 0 Å². The Morgan fingerprint density at radius 3 is 2.38 bits per heavy atom. The van der Waals surface area contributed by atoms with Crippen molar-refractivity contribution in [3.63, 3.8) is 0 Å². The number of carbonyl (C=O) groups excluding carboxylic acids is 3. The van der Waals surface area contributed by atoms with E-state index in [4.69, 9.17) is 0 Å². The summed E-state index contributed by atoms with van der Waals surface area (Å²) in [5.41, 5.74) is 2.82. The molecule has 6 atom stereocenters. The van der Waals surface area contributed by atoms with E-state index in [1.54, 1.807) is 0 Å². The summed E-state index contributed by atoms with van der Waals surface area (Å²) >= 11 is 0. The molecule has 5 aliphatic rings. The van der Waals surface area contributed by atoms with Gasteiger partial charge in [0.1, 0.15) is 0 Å². The second-order valence-corrected chi connectivity index (χ2v) is 13.8. The highest BCUT2D eigenvalue weighted by atomic mass is 16.2. The predicted molar refractivity (Wildman–Crippen MR) is 147 cm³/mol. The Kier molecular flexibility index (Phi) is 6.37. The van der Waals surface area contributed by atoms with Crippen molar-refractivity contribution < 1.29 is 14.4 Å². The molecule has 0 heterocycles. The van der Waals surface area contributed by atoms with Gasteiger partial charge < -0.3 is 0 Å². The van der Waals surface area contributed by atoms with Crippen LogP contribution < -0.4 is 0 Å². The highest BCUT2D eigenvalue weighted by molar-refractivity contribution is 6.23. The van der Waals surface area contributed by atoms with Crippen molar-refractivity contribution in [3.05, 3.63) is 33.9 Å². The van der Waals surface area contributed by atoms with Crippen molar-refractivity contribution in [2.75, 3.05) is 0 Å². The first-order chi connectivity index (χ1) is 17.3. The van der Waals surface area contributed by atoms with Crippen LogP contribution in [0.15, 0.2) is 33.9 Å². The number of ketones is 3. The Balaban J connectivity index is 1.54. The lowest BCUT2D eigenvalue weighted by Gasteiger charge is -2.61. The third-order valence-corrected chi connectivity index (χ3v) is 11.3. The van der Waals surface area contributed by atoms with Gasteiger partial charge in [-0.25, -0.2) is 0 Å². The molecule has 5 rings (SSSR count). The zero-order valence-electron chi connectivity index (χ0n) is 24.0. The van der Waals surface area contributed by atoms with Gasteiger partial charge in [0.05, 0.1) is 11.0 Å². The van der Waals surface area contributed by atoms with Crippen molar-refractivity contribution in [1.82, 2.24) is 0 Å². The minimum Gasteiger partial charge on any atom is -0.294 e. The number of hydrogen-bond donors (Lipinski definition) is 0. The van der Waals surface area contributed by atoms with Gasteiger partial charge in [-0.3, -0.25) is 14.4 Å². The lowest BCUT2D eigenvalue weighted by Crippen LogP contribution is -2.58. The Hall–Kier alpha value is -2.21. The maximum absolute atomic E-state index is 14.5. The molecule has 37 heavy (non-hydrogen) atoms. The van der Waals surface area contributed by atoms with E-state index in [2.05, 4.69) is 38.7 Å². The molecule has 198 valence electrons. The van der Waals surface area contributed by atoms with Gasteiger partial charge in [0.15, 0.2) is 17.3 Å². The third kappa shape index (κ3) is 3.80. The summed E-state index contributed by atoms with van der Waals surface area (Å²) in [5.74, 6) is 7.92. The van der Waals surface area contributed by atoms with Gasteiger partial charge in [0.25, 0.3) is 0 Å². The highest BCUT2D eigenvalue weighted by Gasteiger charge is 2.64. The number of rotatable bonds is 1. The summed E-state index contributed by atoms with van der Waals surface area (Å²) in [5, 5.41) is 0. The fourth-order valence-electron chi connectivity index (χ4n) is 9.41. The summed E-state index contributed by atoms with van der Waals surface area (Å²) in [7, 11) is 0. The van der Waals surface area contributed by atoms with E-state index in [0.29, 0.717) is 17.4 Å². The highest BCUT2D eigenvalue weighted by Crippen LogP contribution is 2.68. The number of carbonyl (C=O) groups is 3. The van der Waals surface area contributed by atoms with Crippen LogP contribution in [0.25, 0.3) is 0 Å². The molecule has 2 saturated carbocycles. The topological polar surface area (TPSA) is 51.2 Å². The van der Waals surface area contributed by atoms with Crippen LogP contribution in [0.5, 0.6) is 0 Å². The van der Waals surface area contributed by atoms with Crippen LogP contribution in [-0.2, 0) is 14.4 Å². The maximum atomic E-state index is 14.5. The summed E-state index contributed by atoms with van der Waals surface area (Å²) in [6.07, 6.45) is 12.0. The average Bonchev–Trinajstić information content (AvgIpc) is 2.81. The van der Waals surface area contributed by atoms with E-state index in [0.717, 1.165) is 48.0 Å². The quantitative estimate of drug-likeness (QED) is 0.279. The van der Waals surface area contributed by atoms with Crippen LogP contribution >= 0.6 is 0 Å². The molecule has 0 aliphatic heterocycles. The third-order valence-electron chi connectivity index (χ3n) is 11.3. The first-order valence-corrected chi connectivity index (χ1v) is 14.6. The molecule has 0 aromatic rings. The minimum absolute atomic E-state index is 0.0742. The molecule has 0 bridgehead atoms. The summed E-state index contributed by atoms with van der Waals surface area (Å²) in [6.45, 7) is 14.2. The molecule has 0 amide bonds. The molecule has 0 saturated heterocycles. The van der Waals surface area contributed by atoms with E-state index in [1.807, 2.05) is 20.8 Å². The van der Waals surface area contributed by atoms with Crippen molar-refractivity contribution in [2.24, 2.45) is 39.9 Å². The van der Waals surface area contributed by atoms with Crippen LogP contribution in [0, 0.1) is 51.8 Å². The molecular weight excluding hydrogens is 456 g/mol. The van der Waals surface area contributed by atoms with E-state index in [9.17, 15) is 14.4 Å². The molecule has 3 nitrogen and oxygen atoms in total. The van der Waals surface area contributed by atoms with Crippen LogP contribution in [-0.4, -0.2) is 17.3 Å². The normalized spacial score (nSPS) is 40.3. The molecule has 5 aliphatic carbocycles. The Morgan fingerprint density at radius 1 is 1.05 bits per heavy atom. The van der Waals surface area contributed by atoms with E-state index in [-0.39, 0.29) is 40.0 Å². The van der Waals surface area contributed by atoms with E-state index < -0.39 is 5.41 Å². The van der Waals surface area contributed by atoms with Gasteiger partial charge in [0, 0.05) is 23.0 Å². The average molecular weight is 501 g/mol. The molecular formula is C34H44O3. The first kappa shape index (κ1) is 26.4. The lowest BCUT2D eigenvalue weighted by molar-refractivity contribution is -0.137. The molecule has 0 aromatic carbocycles. The fraction of sp³-hybridized carbons (Fsp3) is 0.676. The molecule has 0 aromatic heterocycles. The van der Waals surface area contributed by atoms with Crippen LogP contribution in [0.1, 0.15) is 106 Å². The fourth-order valence-corrected chi connectivity index (χ4v) is 9.41. The standard InChI is InChI=1S/C34H44O3/c1-20-17-33(6)19-32(5)18-26-16-15-25(14-13-24-11-9-8-10-12-24)21(2)28(26)30(36)29(32)22(3)34(33,7)31(37)27(20)23(4)35/h15,21,24,26,28H,8-12,16-19H2,1-7H3. The molecule has 0 radical (unpaired) electrons. The van der Waals surface area contributed by atoms with Gasteiger partial charge in [-0.15, -0.1) is 0 Å². The number of Topliss-reactive ketones (excluding diaryl/α,β-unsaturated/α-hetero) is 3. The smallest absolute Gasteiger partial charge is 0.176 e. The minimum atomic E-state index is -0.831.